The summed E-state index contributed by atoms with van der Waals surface area (Å²) in [6.45, 7) is 4.29. The van der Waals surface area contributed by atoms with Crippen LogP contribution in [-0.2, 0) is 32.3 Å². The van der Waals surface area contributed by atoms with Gasteiger partial charge in [-0.25, -0.2) is 12.8 Å². The van der Waals surface area contributed by atoms with Crippen LogP contribution < -0.4 is 9.62 Å². The topological polar surface area (TPSA) is 86.8 Å². The number of alkyl halides is 3. The summed E-state index contributed by atoms with van der Waals surface area (Å²) in [7, 11) is -4.53. The van der Waals surface area contributed by atoms with Gasteiger partial charge in [-0.3, -0.25) is 13.9 Å². The van der Waals surface area contributed by atoms with Crippen molar-refractivity contribution < 1.29 is 35.6 Å². The summed E-state index contributed by atoms with van der Waals surface area (Å²) >= 11 is 0. The number of rotatable bonds is 11. The minimum Gasteiger partial charge on any atom is -0.354 e. The van der Waals surface area contributed by atoms with E-state index in [1.165, 1.54) is 55.5 Å². The quantitative estimate of drug-likeness (QED) is 0.306. The van der Waals surface area contributed by atoms with Crippen LogP contribution in [0.4, 0.5) is 23.2 Å². The third kappa shape index (κ3) is 8.06. The number of carbonyl (C=O) groups is 2. The second kappa shape index (κ2) is 13.2. The first kappa shape index (κ1) is 31.6. The molecule has 0 saturated heterocycles. The fraction of sp³-hybridized carbons (Fsp3) is 0.310. The smallest absolute Gasteiger partial charge is 0.354 e. The van der Waals surface area contributed by atoms with E-state index in [1.54, 1.807) is 6.92 Å². The molecule has 0 heterocycles. The van der Waals surface area contributed by atoms with E-state index >= 15 is 0 Å². The van der Waals surface area contributed by atoms with E-state index in [0.717, 1.165) is 28.7 Å². The van der Waals surface area contributed by atoms with Crippen LogP contribution in [-0.4, -0.2) is 44.3 Å². The van der Waals surface area contributed by atoms with Crippen LogP contribution >= 0.6 is 0 Å². The van der Waals surface area contributed by atoms with Crippen molar-refractivity contribution in [2.45, 2.75) is 50.9 Å². The molecular weight excluding hydrogens is 562 g/mol. The zero-order valence-electron chi connectivity index (χ0n) is 22.8. The Labute approximate surface area is 236 Å². The first-order chi connectivity index (χ1) is 19.2. The van der Waals surface area contributed by atoms with E-state index in [9.17, 15) is 35.6 Å². The Morgan fingerprint density at radius 2 is 1.61 bits per heavy atom. The molecule has 220 valence electrons. The van der Waals surface area contributed by atoms with Gasteiger partial charge in [-0.2, -0.15) is 13.2 Å². The molecule has 0 radical (unpaired) electrons. The summed E-state index contributed by atoms with van der Waals surface area (Å²) in [5.41, 5.74) is -0.259. The molecule has 2 amide bonds. The van der Waals surface area contributed by atoms with Gasteiger partial charge in [0.2, 0.25) is 11.8 Å². The minimum atomic E-state index is -4.76. The Morgan fingerprint density at radius 1 is 0.976 bits per heavy atom. The van der Waals surface area contributed by atoms with E-state index in [2.05, 4.69) is 5.32 Å². The van der Waals surface area contributed by atoms with Crippen molar-refractivity contribution in [1.82, 2.24) is 10.2 Å². The van der Waals surface area contributed by atoms with Gasteiger partial charge >= 0.3 is 6.18 Å². The highest BCUT2D eigenvalue weighted by Crippen LogP contribution is 2.33. The van der Waals surface area contributed by atoms with Gasteiger partial charge in [-0.05, 0) is 68.3 Å². The van der Waals surface area contributed by atoms with Gasteiger partial charge < -0.3 is 10.2 Å². The first-order valence-electron chi connectivity index (χ1n) is 12.8. The number of nitrogens with zero attached hydrogens (tertiary/aromatic N) is 2. The predicted molar refractivity (Wildman–Crippen MR) is 147 cm³/mol. The highest BCUT2D eigenvalue weighted by Gasteiger charge is 2.35. The van der Waals surface area contributed by atoms with Crippen molar-refractivity contribution in [3.63, 3.8) is 0 Å². The maximum atomic E-state index is 13.8. The fourth-order valence-electron chi connectivity index (χ4n) is 3.97. The molecule has 3 rings (SSSR count). The largest absolute Gasteiger partial charge is 0.416 e. The fourth-order valence-corrected chi connectivity index (χ4v) is 5.37. The summed E-state index contributed by atoms with van der Waals surface area (Å²) in [4.78, 5) is 27.5. The number of hydrogen-bond acceptors (Lipinski definition) is 4. The van der Waals surface area contributed by atoms with E-state index in [0.29, 0.717) is 28.9 Å². The molecular formula is C29H31F4N3O4S. The van der Waals surface area contributed by atoms with E-state index in [-0.39, 0.29) is 17.1 Å². The average molecular weight is 594 g/mol. The predicted octanol–water partition coefficient (Wildman–Crippen LogP) is 5.29. The number of halogens is 4. The molecule has 1 atom stereocenters. The van der Waals surface area contributed by atoms with Crippen LogP contribution in [0.5, 0.6) is 0 Å². The van der Waals surface area contributed by atoms with Crippen molar-refractivity contribution in [2.24, 2.45) is 0 Å². The lowest BCUT2D eigenvalue weighted by Crippen LogP contribution is -2.51. The molecule has 3 aromatic carbocycles. The third-order valence-corrected chi connectivity index (χ3v) is 8.12. The highest BCUT2D eigenvalue weighted by atomic mass is 32.2. The molecule has 0 saturated carbocycles. The Morgan fingerprint density at radius 3 is 2.20 bits per heavy atom. The number of nitrogens with one attached hydrogen (secondary N) is 1. The van der Waals surface area contributed by atoms with Crippen molar-refractivity contribution in [1.29, 1.82) is 0 Å². The molecule has 3 aromatic rings. The maximum Gasteiger partial charge on any atom is 0.416 e. The van der Waals surface area contributed by atoms with Gasteiger partial charge in [0.15, 0.2) is 0 Å². The monoisotopic (exact) mass is 593 g/mol. The molecule has 0 bridgehead atoms. The van der Waals surface area contributed by atoms with E-state index in [1.807, 2.05) is 6.92 Å². The van der Waals surface area contributed by atoms with Crippen molar-refractivity contribution in [3.05, 3.63) is 95.3 Å². The van der Waals surface area contributed by atoms with Gasteiger partial charge in [-0.1, -0.05) is 42.8 Å². The molecule has 0 aliphatic heterocycles. The zero-order chi connectivity index (χ0) is 30.4. The highest BCUT2D eigenvalue weighted by molar-refractivity contribution is 7.92. The van der Waals surface area contributed by atoms with Crippen molar-refractivity contribution in [3.8, 4) is 0 Å². The molecule has 0 aliphatic rings. The van der Waals surface area contributed by atoms with Gasteiger partial charge in [0.05, 0.1) is 16.1 Å². The van der Waals surface area contributed by atoms with Crippen LogP contribution in [0, 0.1) is 12.7 Å². The minimum absolute atomic E-state index is 0.180. The van der Waals surface area contributed by atoms with Crippen LogP contribution in [0.25, 0.3) is 0 Å². The summed E-state index contributed by atoms with van der Waals surface area (Å²) in [6.07, 6.45) is -4.14. The SMILES string of the molecule is CCCNC(=O)C(C)N(Cc1ccc(F)cc1)C(=O)CN(c1cccc(C(F)(F)F)c1)S(=O)(=O)c1ccc(C)cc1. The van der Waals surface area contributed by atoms with Gasteiger partial charge in [0.1, 0.15) is 18.4 Å². The van der Waals surface area contributed by atoms with E-state index < -0.39 is 52.0 Å². The third-order valence-electron chi connectivity index (χ3n) is 6.33. The number of sulfonamides is 1. The number of hydrogen-bond donors (Lipinski definition) is 1. The molecule has 0 aromatic heterocycles. The molecule has 12 heteroatoms. The van der Waals surface area contributed by atoms with Crippen LogP contribution in [0.15, 0.2) is 77.7 Å². The second-order valence-corrected chi connectivity index (χ2v) is 11.4. The van der Waals surface area contributed by atoms with E-state index in [4.69, 9.17) is 0 Å². The molecule has 0 fully saturated rings. The Balaban J connectivity index is 2.07. The van der Waals surface area contributed by atoms with Gasteiger partial charge in [0, 0.05) is 13.1 Å². The number of amides is 2. The van der Waals surface area contributed by atoms with Gasteiger partial charge in [-0.15, -0.1) is 0 Å². The zero-order valence-corrected chi connectivity index (χ0v) is 23.6. The molecule has 7 nitrogen and oxygen atoms in total. The summed E-state index contributed by atoms with van der Waals surface area (Å²) in [6, 6.07) is 13.4. The molecule has 0 aliphatic carbocycles. The lowest BCUT2D eigenvalue weighted by molar-refractivity contribution is -0.139. The van der Waals surface area contributed by atoms with Gasteiger partial charge in [0.25, 0.3) is 10.0 Å². The second-order valence-electron chi connectivity index (χ2n) is 9.49. The molecule has 0 spiro atoms. The molecule has 41 heavy (non-hydrogen) atoms. The Kier molecular flexibility index (Phi) is 10.1. The summed E-state index contributed by atoms with van der Waals surface area (Å²) < 4.78 is 82.2. The van der Waals surface area contributed by atoms with Crippen molar-refractivity contribution in [2.75, 3.05) is 17.4 Å². The lowest BCUT2D eigenvalue weighted by Gasteiger charge is -2.32. The summed E-state index contributed by atoms with van der Waals surface area (Å²) in [5.74, 6) is -1.86. The normalized spacial score (nSPS) is 12.5. The number of benzene rings is 3. The Bertz CT molecular complexity index is 1460. The van der Waals surface area contributed by atoms with Crippen LogP contribution in [0.2, 0.25) is 0 Å². The van der Waals surface area contributed by atoms with Crippen molar-refractivity contribution >= 4 is 27.5 Å². The van der Waals surface area contributed by atoms with Crippen LogP contribution in [0.3, 0.4) is 0 Å². The first-order valence-corrected chi connectivity index (χ1v) is 14.3. The molecule has 1 N–H and O–H groups in total. The number of aryl methyl sites for hydroxylation is 1. The molecule has 1 unspecified atom stereocenters. The lowest BCUT2D eigenvalue weighted by atomic mass is 10.1. The standard InChI is InChI=1S/C29H31F4N3O4S/c1-4-16-34-28(38)21(3)35(18-22-10-12-24(30)13-11-22)27(37)19-36(25-7-5-6-23(17-25)29(31,32)33)41(39,40)26-14-8-20(2)9-15-26/h5-15,17,21H,4,16,18-19H2,1-3H3,(H,34,38). The maximum absolute atomic E-state index is 13.8. The number of anilines is 1. The number of carbonyl (C=O) groups excluding carboxylic acids is 2. The average Bonchev–Trinajstić information content (AvgIpc) is 2.93. The van der Waals surface area contributed by atoms with Crippen LogP contribution in [0.1, 0.15) is 37.0 Å². The summed E-state index contributed by atoms with van der Waals surface area (Å²) in [5, 5.41) is 2.68. The Hall–Kier alpha value is -3.93.